The zero-order chi connectivity index (χ0) is 23.9. The average Bonchev–Trinajstić information content (AvgIpc) is 2.86. The van der Waals surface area contributed by atoms with E-state index >= 15 is 0 Å². The molecule has 6 heteroatoms. The van der Waals surface area contributed by atoms with Crippen LogP contribution in [0.1, 0.15) is 26.3 Å². The SMILES string of the molecule is O=C(Nc1ccccc1N(CCc1ccccc1)C(=O)c1ccccc1F)c1ccccc1F. The normalized spacial score (nSPS) is 10.5. The van der Waals surface area contributed by atoms with E-state index in [1.807, 2.05) is 30.3 Å². The fraction of sp³-hybridized carbons (Fsp3) is 0.0714. The highest BCUT2D eigenvalue weighted by Gasteiger charge is 2.24. The Morgan fingerprint density at radius 1 is 0.676 bits per heavy atom. The fourth-order valence-electron chi connectivity index (χ4n) is 3.65. The lowest BCUT2D eigenvalue weighted by Crippen LogP contribution is -2.34. The third-order valence-electron chi connectivity index (χ3n) is 5.38. The molecule has 0 aliphatic heterocycles. The maximum Gasteiger partial charge on any atom is 0.261 e. The van der Waals surface area contributed by atoms with Gasteiger partial charge in [0.1, 0.15) is 11.6 Å². The van der Waals surface area contributed by atoms with Crippen LogP contribution in [0.25, 0.3) is 0 Å². The standard InChI is InChI=1S/C28H22F2N2O2/c29-23-14-6-4-12-21(23)27(33)31-25-16-8-9-17-26(25)32(19-18-20-10-2-1-3-11-20)28(34)22-13-5-7-15-24(22)30/h1-17H,18-19H2,(H,31,33). The molecule has 0 bridgehead atoms. The van der Waals surface area contributed by atoms with Crippen LogP contribution in [0.3, 0.4) is 0 Å². The molecule has 0 aliphatic rings. The van der Waals surface area contributed by atoms with Gasteiger partial charge in [0.2, 0.25) is 0 Å². The summed E-state index contributed by atoms with van der Waals surface area (Å²) in [6.45, 7) is 0.240. The molecule has 34 heavy (non-hydrogen) atoms. The van der Waals surface area contributed by atoms with Crippen LogP contribution >= 0.6 is 0 Å². The number of nitrogens with one attached hydrogen (secondary N) is 1. The van der Waals surface area contributed by atoms with Crippen LogP contribution in [0.2, 0.25) is 0 Å². The van der Waals surface area contributed by atoms with Gasteiger partial charge in [0.25, 0.3) is 11.8 Å². The monoisotopic (exact) mass is 456 g/mol. The van der Waals surface area contributed by atoms with Crippen LogP contribution in [0, 0.1) is 11.6 Å². The molecule has 4 nitrogen and oxygen atoms in total. The molecule has 0 radical (unpaired) electrons. The van der Waals surface area contributed by atoms with Crippen LogP contribution in [-0.2, 0) is 6.42 Å². The Morgan fingerprint density at radius 3 is 1.91 bits per heavy atom. The second-order valence-electron chi connectivity index (χ2n) is 7.62. The van der Waals surface area contributed by atoms with Gasteiger partial charge in [-0.3, -0.25) is 9.59 Å². The van der Waals surface area contributed by atoms with E-state index in [-0.39, 0.29) is 17.7 Å². The van der Waals surface area contributed by atoms with Gasteiger partial charge in [0.15, 0.2) is 0 Å². The first kappa shape index (κ1) is 22.9. The molecule has 0 saturated carbocycles. The third kappa shape index (κ3) is 5.18. The summed E-state index contributed by atoms with van der Waals surface area (Å²) in [5, 5.41) is 2.70. The molecule has 0 heterocycles. The maximum absolute atomic E-state index is 14.5. The first-order chi connectivity index (χ1) is 16.5. The molecule has 4 aromatic rings. The number of carbonyl (C=O) groups excluding carboxylic acids is 2. The van der Waals surface area contributed by atoms with Crippen molar-refractivity contribution in [2.75, 3.05) is 16.8 Å². The van der Waals surface area contributed by atoms with Crippen molar-refractivity contribution in [1.82, 2.24) is 0 Å². The number of hydrogen-bond acceptors (Lipinski definition) is 2. The van der Waals surface area contributed by atoms with Crippen LogP contribution in [0.15, 0.2) is 103 Å². The average molecular weight is 456 g/mol. The summed E-state index contributed by atoms with van der Waals surface area (Å²) in [5.41, 5.74) is 1.51. The molecule has 0 aromatic heterocycles. The van der Waals surface area contributed by atoms with Gasteiger partial charge in [-0.05, 0) is 48.4 Å². The molecule has 1 N–H and O–H groups in total. The summed E-state index contributed by atoms with van der Waals surface area (Å²) >= 11 is 0. The summed E-state index contributed by atoms with van der Waals surface area (Å²) in [6.07, 6.45) is 0.511. The minimum Gasteiger partial charge on any atom is -0.320 e. The number of hydrogen-bond donors (Lipinski definition) is 1. The first-order valence-corrected chi connectivity index (χ1v) is 10.8. The Morgan fingerprint density at radius 2 is 1.24 bits per heavy atom. The molecule has 4 aromatic carbocycles. The Kier molecular flexibility index (Phi) is 7.08. The van der Waals surface area contributed by atoms with Crippen LogP contribution < -0.4 is 10.2 Å². The van der Waals surface area contributed by atoms with Gasteiger partial charge in [-0.1, -0.05) is 66.7 Å². The Labute approximate surface area is 196 Å². The Balaban J connectivity index is 1.69. The molecule has 2 amide bonds. The first-order valence-electron chi connectivity index (χ1n) is 10.8. The van der Waals surface area contributed by atoms with Gasteiger partial charge >= 0.3 is 0 Å². The number of rotatable bonds is 7. The minimum absolute atomic E-state index is 0.0780. The van der Waals surface area contributed by atoms with Crippen molar-refractivity contribution < 1.29 is 18.4 Å². The predicted octanol–water partition coefficient (Wildman–Crippen LogP) is 6.11. The van der Waals surface area contributed by atoms with Gasteiger partial charge in [-0.25, -0.2) is 8.78 Å². The third-order valence-corrected chi connectivity index (χ3v) is 5.38. The minimum atomic E-state index is -0.652. The van der Waals surface area contributed by atoms with Gasteiger partial charge in [0, 0.05) is 6.54 Å². The van der Waals surface area contributed by atoms with Crippen molar-refractivity contribution in [3.8, 4) is 0 Å². The van der Waals surface area contributed by atoms with E-state index < -0.39 is 23.4 Å². The van der Waals surface area contributed by atoms with E-state index in [4.69, 9.17) is 0 Å². The number of halogens is 2. The van der Waals surface area contributed by atoms with Crippen molar-refractivity contribution >= 4 is 23.2 Å². The molecule has 0 spiro atoms. The van der Waals surface area contributed by atoms with Crippen molar-refractivity contribution in [2.24, 2.45) is 0 Å². The number of benzene rings is 4. The zero-order valence-electron chi connectivity index (χ0n) is 18.2. The van der Waals surface area contributed by atoms with Crippen molar-refractivity contribution in [1.29, 1.82) is 0 Å². The number of anilines is 2. The molecule has 0 aliphatic carbocycles. The summed E-state index contributed by atoms with van der Waals surface area (Å²) < 4.78 is 28.6. The van der Waals surface area contributed by atoms with Gasteiger partial charge in [0.05, 0.1) is 22.5 Å². The van der Waals surface area contributed by atoms with Gasteiger partial charge in [-0.15, -0.1) is 0 Å². The maximum atomic E-state index is 14.5. The predicted molar refractivity (Wildman–Crippen MR) is 129 cm³/mol. The zero-order valence-corrected chi connectivity index (χ0v) is 18.2. The van der Waals surface area contributed by atoms with Crippen molar-refractivity contribution in [3.63, 3.8) is 0 Å². The molecule has 0 atom stereocenters. The number of carbonyl (C=O) groups is 2. The van der Waals surface area contributed by atoms with E-state index in [1.165, 1.54) is 41.3 Å². The van der Waals surface area contributed by atoms with Crippen LogP contribution in [0.5, 0.6) is 0 Å². The summed E-state index contributed by atoms with van der Waals surface area (Å²) in [6, 6.07) is 27.7. The van der Waals surface area contributed by atoms with E-state index in [0.717, 1.165) is 5.56 Å². The Bertz CT molecular complexity index is 1310. The second-order valence-corrected chi connectivity index (χ2v) is 7.62. The second kappa shape index (κ2) is 10.5. The molecule has 0 unspecified atom stereocenters. The molecule has 170 valence electrons. The summed E-state index contributed by atoms with van der Waals surface area (Å²) in [4.78, 5) is 27.7. The summed E-state index contributed by atoms with van der Waals surface area (Å²) in [7, 11) is 0. The topological polar surface area (TPSA) is 49.4 Å². The lowest BCUT2D eigenvalue weighted by molar-refractivity contribution is 0.0980. The number of nitrogens with zero attached hydrogens (tertiary/aromatic N) is 1. The van der Waals surface area contributed by atoms with E-state index in [9.17, 15) is 18.4 Å². The van der Waals surface area contributed by atoms with Crippen LogP contribution in [0.4, 0.5) is 20.2 Å². The Hall–Kier alpha value is -4.32. The van der Waals surface area contributed by atoms with Gasteiger partial charge in [-0.2, -0.15) is 0 Å². The van der Waals surface area contributed by atoms with Crippen molar-refractivity contribution in [2.45, 2.75) is 6.42 Å². The molecular weight excluding hydrogens is 434 g/mol. The lowest BCUT2D eigenvalue weighted by atomic mass is 10.1. The van der Waals surface area contributed by atoms with E-state index in [0.29, 0.717) is 17.8 Å². The smallest absolute Gasteiger partial charge is 0.261 e. The van der Waals surface area contributed by atoms with Crippen molar-refractivity contribution in [3.05, 3.63) is 131 Å². The van der Waals surface area contributed by atoms with E-state index in [1.54, 1.807) is 36.4 Å². The quantitative estimate of drug-likeness (QED) is 0.365. The molecule has 0 saturated heterocycles. The van der Waals surface area contributed by atoms with Gasteiger partial charge < -0.3 is 10.2 Å². The molecular formula is C28H22F2N2O2. The fourth-order valence-corrected chi connectivity index (χ4v) is 3.65. The highest BCUT2D eigenvalue weighted by molar-refractivity contribution is 6.11. The largest absolute Gasteiger partial charge is 0.320 e. The van der Waals surface area contributed by atoms with E-state index in [2.05, 4.69) is 5.32 Å². The molecule has 4 rings (SSSR count). The summed E-state index contributed by atoms with van der Waals surface area (Å²) in [5.74, 6) is -2.47. The highest BCUT2D eigenvalue weighted by atomic mass is 19.1. The lowest BCUT2D eigenvalue weighted by Gasteiger charge is -2.26. The highest BCUT2D eigenvalue weighted by Crippen LogP contribution is 2.29. The number of para-hydroxylation sites is 2. The molecule has 0 fully saturated rings. The van der Waals surface area contributed by atoms with Crippen LogP contribution in [-0.4, -0.2) is 18.4 Å². The number of amides is 2.